The molecule has 3 heteroatoms. The summed E-state index contributed by atoms with van der Waals surface area (Å²) in [5.74, 6) is 0.256. The van der Waals surface area contributed by atoms with Gasteiger partial charge in [0.2, 0.25) is 5.91 Å². The maximum Gasteiger partial charge on any atom is 0.240 e. The fourth-order valence-corrected chi connectivity index (χ4v) is 1.43. The molecule has 1 heterocycles. The second-order valence-corrected chi connectivity index (χ2v) is 3.39. The van der Waals surface area contributed by atoms with Crippen LogP contribution in [0.3, 0.4) is 0 Å². The third-order valence-corrected chi connectivity index (χ3v) is 2.30. The second kappa shape index (κ2) is 4.45. The van der Waals surface area contributed by atoms with Crippen molar-refractivity contribution in [1.29, 1.82) is 0 Å². The van der Waals surface area contributed by atoms with Gasteiger partial charge in [-0.05, 0) is 13.3 Å². The molecule has 0 saturated carbocycles. The number of carbonyl (C=O) groups is 1. The Kier molecular flexibility index (Phi) is 3.53. The van der Waals surface area contributed by atoms with Crippen LogP contribution < -0.4 is 5.32 Å². The van der Waals surface area contributed by atoms with Crippen molar-refractivity contribution in [2.45, 2.75) is 39.2 Å². The molecule has 0 aromatic heterocycles. The van der Waals surface area contributed by atoms with Crippen LogP contribution in [0.15, 0.2) is 0 Å². The molecule has 12 heavy (non-hydrogen) atoms. The number of amides is 1. The van der Waals surface area contributed by atoms with Gasteiger partial charge in [0, 0.05) is 6.54 Å². The van der Waals surface area contributed by atoms with Crippen LogP contribution in [0.4, 0.5) is 0 Å². The lowest BCUT2D eigenvalue weighted by atomic mass is 10.2. The van der Waals surface area contributed by atoms with E-state index in [-0.39, 0.29) is 11.9 Å². The van der Waals surface area contributed by atoms with Crippen LogP contribution in [0.25, 0.3) is 0 Å². The van der Waals surface area contributed by atoms with E-state index < -0.39 is 0 Å². The lowest BCUT2D eigenvalue weighted by Crippen LogP contribution is -2.29. The summed E-state index contributed by atoms with van der Waals surface area (Å²) in [6.07, 6.45) is 3.57. The Morgan fingerprint density at radius 3 is 2.83 bits per heavy atom. The molecule has 0 radical (unpaired) electrons. The van der Waals surface area contributed by atoms with Gasteiger partial charge in [0.05, 0.1) is 12.7 Å². The number of nitrogens with one attached hydrogen (secondary N) is 1. The first kappa shape index (κ1) is 9.52. The van der Waals surface area contributed by atoms with E-state index in [2.05, 4.69) is 12.2 Å². The Morgan fingerprint density at radius 2 is 2.33 bits per heavy atom. The molecule has 3 nitrogen and oxygen atoms in total. The lowest BCUT2D eigenvalue weighted by Gasteiger charge is -2.13. The van der Waals surface area contributed by atoms with Gasteiger partial charge in [-0.2, -0.15) is 0 Å². The van der Waals surface area contributed by atoms with Crippen molar-refractivity contribution >= 4 is 5.91 Å². The molecule has 1 unspecified atom stereocenters. The fourth-order valence-electron chi connectivity index (χ4n) is 1.43. The highest BCUT2D eigenvalue weighted by molar-refractivity contribution is 5.83. The predicted octanol–water partition coefficient (Wildman–Crippen LogP) is 0.954. The molecule has 1 atom stereocenters. The molecule has 1 N–H and O–H groups in total. The highest BCUT2D eigenvalue weighted by Crippen LogP contribution is 2.05. The van der Waals surface area contributed by atoms with Crippen molar-refractivity contribution in [3.05, 3.63) is 0 Å². The van der Waals surface area contributed by atoms with Gasteiger partial charge < -0.3 is 4.90 Å². The van der Waals surface area contributed by atoms with E-state index in [0.29, 0.717) is 0 Å². The molecule has 1 saturated heterocycles. The van der Waals surface area contributed by atoms with Gasteiger partial charge in [0.15, 0.2) is 0 Å². The Balaban J connectivity index is 2.20. The number of hydrogen-bond donors (Lipinski definition) is 1. The average molecular weight is 170 g/mol. The third kappa shape index (κ3) is 2.21. The summed E-state index contributed by atoms with van der Waals surface area (Å²) in [5, 5.41) is 3.12. The van der Waals surface area contributed by atoms with Crippen molar-refractivity contribution in [1.82, 2.24) is 10.2 Å². The molecule has 0 spiro atoms. The van der Waals surface area contributed by atoms with Crippen molar-refractivity contribution in [2.75, 3.05) is 13.2 Å². The topological polar surface area (TPSA) is 32.3 Å². The highest BCUT2D eigenvalue weighted by Gasteiger charge is 2.26. The van der Waals surface area contributed by atoms with Crippen LogP contribution in [0.5, 0.6) is 0 Å². The van der Waals surface area contributed by atoms with E-state index in [9.17, 15) is 4.79 Å². The average Bonchev–Trinajstić information content (AvgIpc) is 2.36. The van der Waals surface area contributed by atoms with E-state index in [1.54, 1.807) is 0 Å². The monoisotopic (exact) mass is 170 g/mol. The van der Waals surface area contributed by atoms with Gasteiger partial charge in [0.1, 0.15) is 0 Å². The van der Waals surface area contributed by atoms with Crippen LogP contribution in [-0.4, -0.2) is 30.1 Å². The lowest BCUT2D eigenvalue weighted by molar-refractivity contribution is -0.128. The molecule has 1 fully saturated rings. The van der Waals surface area contributed by atoms with Crippen LogP contribution in [0, 0.1) is 0 Å². The van der Waals surface area contributed by atoms with E-state index in [1.807, 2.05) is 11.8 Å². The van der Waals surface area contributed by atoms with Gasteiger partial charge in [-0.25, -0.2) is 0 Å². The number of rotatable bonds is 4. The predicted molar refractivity (Wildman–Crippen MR) is 48.7 cm³/mol. The van der Waals surface area contributed by atoms with E-state index >= 15 is 0 Å². The Hall–Kier alpha value is -0.570. The van der Waals surface area contributed by atoms with E-state index in [1.165, 1.54) is 12.8 Å². The maximum absolute atomic E-state index is 11.4. The first-order valence-corrected chi connectivity index (χ1v) is 4.78. The van der Waals surface area contributed by atoms with Crippen LogP contribution in [-0.2, 0) is 4.79 Å². The number of carbonyl (C=O) groups excluding carboxylic acids is 1. The smallest absolute Gasteiger partial charge is 0.240 e. The molecule has 1 aliphatic heterocycles. The van der Waals surface area contributed by atoms with E-state index in [0.717, 1.165) is 19.6 Å². The van der Waals surface area contributed by atoms with Gasteiger partial charge >= 0.3 is 0 Å². The van der Waals surface area contributed by atoms with E-state index in [4.69, 9.17) is 0 Å². The summed E-state index contributed by atoms with van der Waals surface area (Å²) < 4.78 is 0. The van der Waals surface area contributed by atoms with Crippen molar-refractivity contribution in [3.8, 4) is 0 Å². The maximum atomic E-state index is 11.4. The SMILES string of the molecule is CCCCCN1CNC(C)C1=O. The Morgan fingerprint density at radius 1 is 1.58 bits per heavy atom. The zero-order chi connectivity index (χ0) is 8.97. The van der Waals surface area contributed by atoms with Crippen molar-refractivity contribution in [2.24, 2.45) is 0 Å². The summed E-state index contributed by atoms with van der Waals surface area (Å²) in [7, 11) is 0. The molecule has 0 bridgehead atoms. The molecule has 1 rings (SSSR count). The molecule has 0 aromatic rings. The number of nitrogens with zero attached hydrogens (tertiary/aromatic N) is 1. The first-order valence-electron chi connectivity index (χ1n) is 4.78. The minimum atomic E-state index is 0.0339. The summed E-state index contributed by atoms with van der Waals surface area (Å²) in [4.78, 5) is 13.3. The molecule has 0 aliphatic carbocycles. The van der Waals surface area contributed by atoms with Gasteiger partial charge in [-0.15, -0.1) is 0 Å². The summed E-state index contributed by atoms with van der Waals surface area (Å²) in [6, 6.07) is 0.0339. The summed E-state index contributed by atoms with van der Waals surface area (Å²) >= 11 is 0. The van der Waals surface area contributed by atoms with Crippen molar-refractivity contribution < 1.29 is 4.79 Å². The van der Waals surface area contributed by atoms with Crippen molar-refractivity contribution in [3.63, 3.8) is 0 Å². The zero-order valence-corrected chi connectivity index (χ0v) is 7.97. The normalized spacial score (nSPS) is 23.7. The summed E-state index contributed by atoms with van der Waals surface area (Å²) in [5.41, 5.74) is 0. The largest absolute Gasteiger partial charge is 0.329 e. The first-order chi connectivity index (χ1) is 5.75. The van der Waals surface area contributed by atoms with Gasteiger partial charge in [0.25, 0.3) is 0 Å². The quantitative estimate of drug-likeness (QED) is 0.637. The van der Waals surface area contributed by atoms with Crippen LogP contribution in [0.2, 0.25) is 0 Å². The molecule has 0 aromatic carbocycles. The molecule has 70 valence electrons. The highest BCUT2D eigenvalue weighted by atomic mass is 16.2. The molecular weight excluding hydrogens is 152 g/mol. The van der Waals surface area contributed by atoms with Gasteiger partial charge in [-0.1, -0.05) is 19.8 Å². The number of unbranched alkanes of at least 4 members (excludes halogenated alkanes) is 2. The second-order valence-electron chi connectivity index (χ2n) is 3.39. The Bertz CT molecular complexity index is 159. The molecular formula is C9H18N2O. The zero-order valence-electron chi connectivity index (χ0n) is 7.97. The number of hydrogen-bond acceptors (Lipinski definition) is 2. The van der Waals surface area contributed by atoms with Gasteiger partial charge in [-0.3, -0.25) is 10.1 Å². The standard InChI is InChI=1S/C9H18N2O/c1-3-4-5-6-11-7-10-8(2)9(11)12/h8,10H,3-7H2,1-2H3. The summed E-state index contributed by atoms with van der Waals surface area (Å²) in [6.45, 7) is 5.75. The third-order valence-electron chi connectivity index (χ3n) is 2.30. The minimum Gasteiger partial charge on any atom is -0.329 e. The van der Waals surface area contributed by atoms with Crippen LogP contribution >= 0.6 is 0 Å². The Labute approximate surface area is 74.1 Å². The minimum absolute atomic E-state index is 0.0339. The fraction of sp³-hybridized carbons (Fsp3) is 0.889. The van der Waals surface area contributed by atoms with Crippen LogP contribution in [0.1, 0.15) is 33.1 Å². The molecule has 1 amide bonds. The molecule has 1 aliphatic rings.